The molecule has 0 aromatic carbocycles. The van der Waals surface area contributed by atoms with E-state index in [4.69, 9.17) is 5.11 Å². The Morgan fingerprint density at radius 2 is 2.18 bits per heavy atom. The van der Waals surface area contributed by atoms with E-state index in [0.29, 0.717) is 11.3 Å². The Labute approximate surface area is 99.6 Å². The van der Waals surface area contributed by atoms with Crippen molar-refractivity contribution in [3.05, 3.63) is 29.1 Å². The lowest BCUT2D eigenvalue weighted by Crippen LogP contribution is -2.04. The molecule has 1 aliphatic carbocycles. The summed E-state index contributed by atoms with van der Waals surface area (Å²) in [7, 11) is 0. The summed E-state index contributed by atoms with van der Waals surface area (Å²) >= 11 is 0. The van der Waals surface area contributed by atoms with Gasteiger partial charge in [-0.05, 0) is 38.2 Å². The minimum absolute atomic E-state index is 0.128. The quantitative estimate of drug-likeness (QED) is 0.824. The molecule has 4 nitrogen and oxygen atoms in total. The van der Waals surface area contributed by atoms with Gasteiger partial charge >= 0.3 is 5.97 Å². The summed E-state index contributed by atoms with van der Waals surface area (Å²) in [5, 5.41) is 19.0. The van der Waals surface area contributed by atoms with Gasteiger partial charge < -0.3 is 10.2 Å². The van der Waals surface area contributed by atoms with Crippen LogP contribution in [0.15, 0.2) is 12.3 Å². The van der Waals surface area contributed by atoms with Crippen LogP contribution in [0.5, 0.6) is 5.75 Å². The third-order valence-electron chi connectivity index (χ3n) is 3.08. The summed E-state index contributed by atoms with van der Waals surface area (Å²) in [5.41, 5.74) is 2.17. The molecule has 1 aromatic rings. The van der Waals surface area contributed by atoms with E-state index in [1.165, 1.54) is 6.20 Å². The van der Waals surface area contributed by atoms with E-state index in [-0.39, 0.29) is 11.3 Å². The van der Waals surface area contributed by atoms with Crippen LogP contribution in [0.25, 0.3) is 5.57 Å². The molecule has 4 heteroatoms. The zero-order valence-electron chi connectivity index (χ0n) is 9.73. The second-order valence-electron chi connectivity index (χ2n) is 4.26. The van der Waals surface area contributed by atoms with Crippen LogP contribution in [0.1, 0.15) is 47.3 Å². The second-order valence-corrected chi connectivity index (χ2v) is 4.26. The molecule has 0 saturated heterocycles. The second kappa shape index (κ2) is 4.57. The van der Waals surface area contributed by atoms with Crippen molar-refractivity contribution in [1.29, 1.82) is 0 Å². The minimum atomic E-state index is -1.15. The van der Waals surface area contributed by atoms with Gasteiger partial charge in [-0.3, -0.25) is 4.98 Å². The Bertz CT molecular complexity index is 492. The van der Waals surface area contributed by atoms with E-state index >= 15 is 0 Å². The first-order valence-corrected chi connectivity index (χ1v) is 5.72. The molecule has 2 rings (SSSR count). The fourth-order valence-electron chi connectivity index (χ4n) is 2.20. The SMILES string of the molecule is Cc1ncc(C(=O)O)c(O)c1C1=CCCCC1. The first-order valence-electron chi connectivity index (χ1n) is 5.72. The summed E-state index contributed by atoms with van der Waals surface area (Å²) in [6.45, 7) is 1.79. The normalized spacial score (nSPS) is 15.5. The Morgan fingerprint density at radius 3 is 2.76 bits per heavy atom. The van der Waals surface area contributed by atoms with Gasteiger partial charge in [0.15, 0.2) is 0 Å². The van der Waals surface area contributed by atoms with E-state index in [2.05, 4.69) is 11.1 Å². The average molecular weight is 233 g/mol. The molecule has 0 atom stereocenters. The molecule has 0 aliphatic heterocycles. The molecule has 0 saturated carbocycles. The first kappa shape index (κ1) is 11.6. The van der Waals surface area contributed by atoms with Crippen molar-refractivity contribution in [2.24, 2.45) is 0 Å². The number of aryl methyl sites for hydroxylation is 1. The molecular formula is C13H15NO3. The van der Waals surface area contributed by atoms with E-state index < -0.39 is 5.97 Å². The van der Waals surface area contributed by atoms with Crippen molar-refractivity contribution < 1.29 is 15.0 Å². The molecule has 1 aromatic heterocycles. The predicted octanol–water partition coefficient (Wildman–Crippen LogP) is 2.75. The zero-order chi connectivity index (χ0) is 12.4. The first-order chi connectivity index (χ1) is 8.11. The lowest BCUT2D eigenvalue weighted by molar-refractivity contribution is 0.0693. The van der Waals surface area contributed by atoms with Crippen molar-refractivity contribution >= 4 is 11.5 Å². The molecule has 0 radical (unpaired) electrons. The number of carboxylic acids is 1. The van der Waals surface area contributed by atoms with Gasteiger partial charge in [-0.25, -0.2) is 4.79 Å². The number of carbonyl (C=O) groups is 1. The molecular weight excluding hydrogens is 218 g/mol. The molecule has 2 N–H and O–H groups in total. The highest BCUT2D eigenvalue weighted by Gasteiger charge is 2.20. The maximum atomic E-state index is 10.9. The zero-order valence-corrected chi connectivity index (χ0v) is 9.73. The van der Waals surface area contributed by atoms with Gasteiger partial charge in [-0.2, -0.15) is 0 Å². The highest BCUT2D eigenvalue weighted by atomic mass is 16.4. The third kappa shape index (κ3) is 2.16. The molecule has 90 valence electrons. The van der Waals surface area contributed by atoms with Crippen molar-refractivity contribution in [1.82, 2.24) is 4.98 Å². The lowest BCUT2D eigenvalue weighted by Gasteiger charge is -2.16. The highest BCUT2D eigenvalue weighted by Crippen LogP contribution is 2.35. The number of allylic oxidation sites excluding steroid dienone is 2. The van der Waals surface area contributed by atoms with E-state index in [0.717, 1.165) is 31.3 Å². The summed E-state index contributed by atoms with van der Waals surface area (Å²) < 4.78 is 0. The molecule has 0 fully saturated rings. The monoisotopic (exact) mass is 233 g/mol. The van der Waals surface area contributed by atoms with Crippen molar-refractivity contribution in [3.8, 4) is 5.75 Å². The fraction of sp³-hybridized carbons (Fsp3) is 0.385. The minimum Gasteiger partial charge on any atom is -0.506 e. The summed E-state index contributed by atoms with van der Waals surface area (Å²) in [5.74, 6) is -1.30. The molecule has 0 unspecified atom stereocenters. The average Bonchev–Trinajstić information content (AvgIpc) is 2.30. The van der Waals surface area contributed by atoms with Crippen LogP contribution in [0.2, 0.25) is 0 Å². The number of hydrogen-bond donors (Lipinski definition) is 2. The largest absolute Gasteiger partial charge is 0.506 e. The molecule has 0 spiro atoms. The van der Waals surface area contributed by atoms with Crippen molar-refractivity contribution in [2.75, 3.05) is 0 Å². The van der Waals surface area contributed by atoms with Crippen LogP contribution < -0.4 is 0 Å². The Hall–Kier alpha value is -1.84. The van der Waals surface area contributed by atoms with Gasteiger partial charge in [0.1, 0.15) is 11.3 Å². The van der Waals surface area contributed by atoms with Crippen molar-refractivity contribution in [2.45, 2.75) is 32.6 Å². The highest BCUT2D eigenvalue weighted by molar-refractivity contribution is 5.93. The molecule has 17 heavy (non-hydrogen) atoms. The Morgan fingerprint density at radius 1 is 1.41 bits per heavy atom. The van der Waals surface area contributed by atoms with Gasteiger partial charge in [0, 0.05) is 17.5 Å². The van der Waals surface area contributed by atoms with E-state index in [1.54, 1.807) is 6.92 Å². The van der Waals surface area contributed by atoms with Gasteiger partial charge in [0.25, 0.3) is 0 Å². The predicted molar refractivity (Wildman–Crippen MR) is 64.0 cm³/mol. The maximum Gasteiger partial charge on any atom is 0.341 e. The lowest BCUT2D eigenvalue weighted by atomic mass is 9.91. The number of aromatic carboxylic acids is 1. The standard InChI is InChI=1S/C13H15NO3/c1-8-11(9-5-3-2-4-6-9)12(15)10(7-14-8)13(16)17/h5,7H,2-4,6H2,1H3,(H,14,15)(H,16,17). The summed E-state index contributed by atoms with van der Waals surface area (Å²) in [6, 6.07) is 0. The molecule has 0 amide bonds. The number of aromatic nitrogens is 1. The number of rotatable bonds is 2. The number of carboxylic acid groups (broad SMARTS) is 1. The van der Waals surface area contributed by atoms with Crippen LogP contribution in [0, 0.1) is 6.92 Å². The fourth-order valence-corrected chi connectivity index (χ4v) is 2.20. The smallest absolute Gasteiger partial charge is 0.341 e. The molecule has 1 heterocycles. The van der Waals surface area contributed by atoms with E-state index in [9.17, 15) is 9.90 Å². The van der Waals surface area contributed by atoms with Crippen LogP contribution in [0.3, 0.4) is 0 Å². The number of nitrogens with zero attached hydrogens (tertiary/aromatic N) is 1. The van der Waals surface area contributed by atoms with Crippen LogP contribution in [-0.4, -0.2) is 21.2 Å². The Balaban J connectivity index is 2.55. The molecule has 1 aliphatic rings. The van der Waals surface area contributed by atoms with Crippen LogP contribution in [0.4, 0.5) is 0 Å². The summed E-state index contributed by atoms with van der Waals surface area (Å²) in [4.78, 5) is 15.0. The number of aromatic hydroxyl groups is 1. The summed E-state index contributed by atoms with van der Waals surface area (Å²) in [6.07, 6.45) is 7.35. The molecule has 0 bridgehead atoms. The van der Waals surface area contributed by atoms with Crippen molar-refractivity contribution in [3.63, 3.8) is 0 Å². The number of pyridine rings is 1. The topological polar surface area (TPSA) is 70.4 Å². The van der Waals surface area contributed by atoms with E-state index in [1.807, 2.05) is 0 Å². The van der Waals surface area contributed by atoms with Gasteiger partial charge in [-0.15, -0.1) is 0 Å². The van der Waals surface area contributed by atoms with Gasteiger partial charge in [-0.1, -0.05) is 6.08 Å². The maximum absolute atomic E-state index is 10.9. The van der Waals surface area contributed by atoms with Crippen LogP contribution >= 0.6 is 0 Å². The van der Waals surface area contributed by atoms with Gasteiger partial charge in [0.05, 0.1) is 0 Å². The van der Waals surface area contributed by atoms with Gasteiger partial charge in [0.2, 0.25) is 0 Å². The number of hydrogen-bond acceptors (Lipinski definition) is 3. The third-order valence-corrected chi connectivity index (χ3v) is 3.08. The van der Waals surface area contributed by atoms with Crippen LogP contribution in [-0.2, 0) is 0 Å². The Kier molecular flexibility index (Phi) is 3.13.